The Balaban J connectivity index is 1.51. The van der Waals surface area contributed by atoms with Crippen molar-refractivity contribution < 1.29 is 27.5 Å². The van der Waals surface area contributed by atoms with Gasteiger partial charge in [0.2, 0.25) is 5.88 Å². The van der Waals surface area contributed by atoms with Gasteiger partial charge < -0.3 is 15.4 Å². The maximum Gasteiger partial charge on any atom is 0.416 e. The Kier molecular flexibility index (Phi) is 5.93. The fourth-order valence-electron chi connectivity index (χ4n) is 3.38. The van der Waals surface area contributed by atoms with Crippen LogP contribution in [0.25, 0.3) is 22.0 Å². The second-order valence-electron chi connectivity index (χ2n) is 7.34. The predicted molar refractivity (Wildman–Crippen MR) is 119 cm³/mol. The van der Waals surface area contributed by atoms with Crippen LogP contribution in [0.2, 0.25) is 0 Å². The van der Waals surface area contributed by atoms with Crippen LogP contribution in [0.4, 0.5) is 29.3 Å². The average Bonchev–Trinajstić information content (AvgIpc) is 3.16. The van der Waals surface area contributed by atoms with Gasteiger partial charge in [0.15, 0.2) is 0 Å². The third-order valence-electron chi connectivity index (χ3n) is 4.88. The number of aromatic nitrogens is 3. The summed E-state index contributed by atoms with van der Waals surface area (Å²) in [7, 11) is 1.71. The van der Waals surface area contributed by atoms with Crippen molar-refractivity contribution in [1.29, 1.82) is 0 Å². The first kappa shape index (κ1) is 22.8. The largest absolute Gasteiger partial charge is 0.416 e. The molecule has 8 nitrogen and oxygen atoms in total. The number of hydrogen-bond donors (Lipinski definition) is 2. The van der Waals surface area contributed by atoms with Gasteiger partial charge in [-0.05, 0) is 35.9 Å². The number of urea groups is 1. The molecule has 34 heavy (non-hydrogen) atoms. The van der Waals surface area contributed by atoms with Crippen LogP contribution in [0.15, 0.2) is 60.9 Å². The molecule has 2 aromatic carbocycles. The molecule has 4 rings (SSSR count). The number of halogens is 3. The van der Waals surface area contributed by atoms with Gasteiger partial charge in [-0.15, -0.1) is 0 Å². The van der Waals surface area contributed by atoms with Crippen molar-refractivity contribution in [1.82, 2.24) is 14.8 Å². The molecule has 2 heterocycles. The normalized spacial score (nSPS) is 11.3. The lowest BCUT2D eigenvalue weighted by Gasteiger charge is -2.11. The Hall–Kier alpha value is -4.41. The van der Waals surface area contributed by atoms with Gasteiger partial charge in [0.1, 0.15) is 5.52 Å². The van der Waals surface area contributed by atoms with Crippen LogP contribution in [0.1, 0.15) is 12.5 Å². The van der Waals surface area contributed by atoms with Crippen LogP contribution in [0.5, 0.6) is 5.88 Å². The molecule has 0 bridgehead atoms. The minimum Gasteiger partial charge on any atom is -0.405 e. The minimum atomic E-state index is -4.51. The van der Waals surface area contributed by atoms with E-state index in [4.69, 9.17) is 4.74 Å². The molecule has 2 amide bonds. The Morgan fingerprint density at radius 3 is 2.38 bits per heavy atom. The number of benzene rings is 2. The molecule has 174 valence electrons. The van der Waals surface area contributed by atoms with Crippen molar-refractivity contribution in [2.75, 3.05) is 10.6 Å². The lowest BCUT2D eigenvalue weighted by atomic mass is 10.0. The lowest BCUT2D eigenvalue weighted by Crippen LogP contribution is -2.19. The lowest BCUT2D eigenvalue weighted by molar-refractivity contribution is -0.137. The Morgan fingerprint density at radius 2 is 1.71 bits per heavy atom. The molecular weight excluding hydrogens is 451 g/mol. The van der Waals surface area contributed by atoms with Crippen LogP contribution >= 0.6 is 0 Å². The van der Waals surface area contributed by atoms with E-state index in [0.29, 0.717) is 11.2 Å². The van der Waals surface area contributed by atoms with Gasteiger partial charge in [-0.25, -0.2) is 9.78 Å². The number of carbonyl (C=O) groups is 2. The molecule has 0 saturated heterocycles. The van der Waals surface area contributed by atoms with Crippen LogP contribution in [-0.2, 0) is 18.0 Å². The quantitative estimate of drug-likeness (QED) is 0.399. The third kappa shape index (κ3) is 4.82. The van der Waals surface area contributed by atoms with Gasteiger partial charge in [-0.1, -0.05) is 18.2 Å². The zero-order valence-electron chi connectivity index (χ0n) is 18.0. The number of aryl methyl sites for hydroxylation is 1. The standard InChI is InChI=1S/C23H18F3N5O3/c1-13(32)34-21-20-19(12-28-31(20)2)18(11-27-21)14-6-8-16(9-7-14)29-22(33)30-17-5-3-4-15(10-17)23(24,25)26/h3-12H,1-2H3,(H2,29,30,33). The molecule has 0 saturated carbocycles. The van der Waals surface area contributed by atoms with Gasteiger partial charge in [0.05, 0.1) is 11.8 Å². The summed E-state index contributed by atoms with van der Waals surface area (Å²) >= 11 is 0. The summed E-state index contributed by atoms with van der Waals surface area (Å²) in [6.45, 7) is 1.28. The number of pyridine rings is 1. The molecule has 0 unspecified atom stereocenters. The number of anilines is 2. The van der Waals surface area contributed by atoms with E-state index in [-0.39, 0.29) is 11.6 Å². The first-order valence-corrected chi connectivity index (χ1v) is 9.96. The van der Waals surface area contributed by atoms with Gasteiger partial charge in [-0.2, -0.15) is 18.3 Å². The molecule has 0 aliphatic heterocycles. The SMILES string of the molecule is CC(=O)Oc1ncc(-c2ccc(NC(=O)Nc3cccc(C(F)(F)F)c3)cc2)c2cnn(C)c12. The molecule has 0 aliphatic rings. The second kappa shape index (κ2) is 8.85. The third-order valence-corrected chi connectivity index (χ3v) is 4.88. The molecule has 2 N–H and O–H groups in total. The van der Waals surface area contributed by atoms with Crippen molar-refractivity contribution in [2.24, 2.45) is 7.05 Å². The maximum absolute atomic E-state index is 12.8. The summed E-state index contributed by atoms with van der Waals surface area (Å²) in [5, 5.41) is 9.90. The van der Waals surface area contributed by atoms with Crippen LogP contribution in [0, 0.1) is 0 Å². The van der Waals surface area contributed by atoms with E-state index in [1.165, 1.54) is 19.1 Å². The summed E-state index contributed by atoms with van der Waals surface area (Å²) in [6.07, 6.45) is -1.31. The molecule has 4 aromatic rings. The highest BCUT2D eigenvalue weighted by molar-refractivity contribution is 6.00. The first-order valence-electron chi connectivity index (χ1n) is 9.96. The first-order chi connectivity index (χ1) is 16.1. The zero-order valence-corrected chi connectivity index (χ0v) is 18.0. The fourth-order valence-corrected chi connectivity index (χ4v) is 3.38. The van der Waals surface area contributed by atoms with Crippen molar-refractivity contribution in [2.45, 2.75) is 13.1 Å². The summed E-state index contributed by atoms with van der Waals surface area (Å²) in [5.74, 6) is -0.350. The minimum absolute atomic E-state index is 0.0156. The number of ether oxygens (including phenoxy) is 1. The fraction of sp³-hybridized carbons (Fsp3) is 0.130. The molecule has 0 atom stereocenters. The van der Waals surface area contributed by atoms with E-state index in [1.54, 1.807) is 48.4 Å². The predicted octanol–water partition coefficient (Wildman–Crippen LogP) is 5.22. The molecule has 0 fully saturated rings. The average molecular weight is 469 g/mol. The summed E-state index contributed by atoms with van der Waals surface area (Å²) in [6, 6.07) is 10.4. The van der Waals surface area contributed by atoms with E-state index in [2.05, 4.69) is 20.7 Å². The Morgan fingerprint density at radius 1 is 1.00 bits per heavy atom. The second-order valence-corrected chi connectivity index (χ2v) is 7.34. The van der Waals surface area contributed by atoms with E-state index in [0.717, 1.165) is 28.6 Å². The number of fused-ring (bicyclic) bond motifs is 1. The molecule has 0 radical (unpaired) electrons. The molecule has 11 heteroatoms. The summed E-state index contributed by atoms with van der Waals surface area (Å²) in [4.78, 5) is 27.8. The highest BCUT2D eigenvalue weighted by atomic mass is 19.4. The monoisotopic (exact) mass is 469 g/mol. The van der Waals surface area contributed by atoms with E-state index in [9.17, 15) is 22.8 Å². The van der Waals surface area contributed by atoms with Crippen LogP contribution in [0.3, 0.4) is 0 Å². The number of nitrogens with one attached hydrogen (secondary N) is 2. The number of amides is 2. The van der Waals surface area contributed by atoms with E-state index < -0.39 is 23.7 Å². The Bertz CT molecular complexity index is 1380. The maximum atomic E-state index is 12.8. The number of rotatable bonds is 4. The zero-order chi connectivity index (χ0) is 24.5. The molecule has 0 spiro atoms. The van der Waals surface area contributed by atoms with Gasteiger partial charge >= 0.3 is 18.2 Å². The van der Waals surface area contributed by atoms with Crippen LogP contribution in [-0.4, -0.2) is 26.8 Å². The number of nitrogens with zero attached hydrogens (tertiary/aromatic N) is 3. The van der Waals surface area contributed by atoms with Crippen molar-refractivity contribution in [3.63, 3.8) is 0 Å². The van der Waals surface area contributed by atoms with Crippen LogP contribution < -0.4 is 15.4 Å². The number of esters is 1. The molecule has 0 aliphatic carbocycles. The highest BCUT2D eigenvalue weighted by Gasteiger charge is 2.30. The highest BCUT2D eigenvalue weighted by Crippen LogP contribution is 2.33. The van der Waals surface area contributed by atoms with Crippen molar-refractivity contribution in [3.8, 4) is 17.0 Å². The number of carbonyl (C=O) groups excluding carboxylic acids is 2. The van der Waals surface area contributed by atoms with Gasteiger partial charge in [0, 0.05) is 42.5 Å². The topological polar surface area (TPSA) is 98.1 Å². The Labute approximate surface area is 191 Å². The smallest absolute Gasteiger partial charge is 0.405 e. The van der Waals surface area contributed by atoms with Crippen molar-refractivity contribution >= 4 is 34.3 Å². The van der Waals surface area contributed by atoms with Gasteiger partial charge in [0.25, 0.3) is 0 Å². The summed E-state index contributed by atoms with van der Waals surface area (Å²) in [5.41, 5.74) is 1.64. The van der Waals surface area contributed by atoms with E-state index >= 15 is 0 Å². The van der Waals surface area contributed by atoms with Gasteiger partial charge in [-0.3, -0.25) is 9.48 Å². The number of hydrogen-bond acceptors (Lipinski definition) is 5. The van der Waals surface area contributed by atoms with Crippen molar-refractivity contribution in [3.05, 3.63) is 66.5 Å². The number of alkyl halides is 3. The summed E-state index contributed by atoms with van der Waals surface area (Å²) < 4.78 is 45.3. The van der Waals surface area contributed by atoms with E-state index in [1.807, 2.05) is 0 Å². The molecular formula is C23H18F3N5O3. The molecule has 2 aromatic heterocycles.